The second-order valence-electron chi connectivity index (χ2n) is 5.76. The molecule has 1 aromatic rings. The molecule has 5 nitrogen and oxygen atoms in total. The van der Waals surface area contributed by atoms with Gasteiger partial charge >= 0.3 is 6.03 Å². The van der Waals surface area contributed by atoms with Crippen molar-refractivity contribution in [3.05, 3.63) is 24.3 Å². The fraction of sp³-hybridized carbons (Fsp3) is 0.562. The molecule has 0 radical (unpaired) electrons. The van der Waals surface area contributed by atoms with Crippen LogP contribution < -0.4 is 10.1 Å². The first kappa shape index (κ1) is 15.6. The van der Waals surface area contributed by atoms with E-state index in [1.807, 2.05) is 52.0 Å². The minimum Gasteiger partial charge on any atom is -0.489 e. The Bertz CT molecular complexity index is 480. The van der Waals surface area contributed by atoms with Crippen LogP contribution in [0, 0.1) is 0 Å². The SMILES string of the molecule is CC(C)Oc1ccccc1NC(=O)N1CC(C)OC(C)C1. The van der Waals surface area contributed by atoms with E-state index in [0.717, 1.165) is 0 Å². The summed E-state index contributed by atoms with van der Waals surface area (Å²) in [6, 6.07) is 7.37. The molecule has 2 amide bonds. The number of nitrogens with one attached hydrogen (secondary N) is 1. The lowest BCUT2D eigenvalue weighted by Crippen LogP contribution is -2.49. The molecule has 1 aliphatic heterocycles. The maximum atomic E-state index is 12.4. The molecule has 0 bridgehead atoms. The van der Waals surface area contributed by atoms with Crippen LogP contribution in [0.4, 0.5) is 10.5 Å². The molecule has 2 unspecified atom stereocenters. The summed E-state index contributed by atoms with van der Waals surface area (Å²) in [5, 5.41) is 2.93. The van der Waals surface area contributed by atoms with Gasteiger partial charge in [-0.2, -0.15) is 0 Å². The van der Waals surface area contributed by atoms with E-state index < -0.39 is 0 Å². The van der Waals surface area contributed by atoms with Crippen LogP contribution in [0.2, 0.25) is 0 Å². The molecule has 0 aliphatic carbocycles. The number of anilines is 1. The lowest BCUT2D eigenvalue weighted by molar-refractivity contribution is -0.0530. The summed E-state index contributed by atoms with van der Waals surface area (Å²) >= 11 is 0. The van der Waals surface area contributed by atoms with Gasteiger partial charge in [0.2, 0.25) is 0 Å². The zero-order chi connectivity index (χ0) is 15.4. The van der Waals surface area contributed by atoms with Gasteiger partial charge in [-0.25, -0.2) is 4.79 Å². The topological polar surface area (TPSA) is 50.8 Å². The summed E-state index contributed by atoms with van der Waals surface area (Å²) < 4.78 is 11.4. The third-order valence-electron chi connectivity index (χ3n) is 3.20. The zero-order valence-corrected chi connectivity index (χ0v) is 13.1. The molecule has 0 spiro atoms. The van der Waals surface area contributed by atoms with Crippen LogP contribution in [-0.4, -0.2) is 42.3 Å². The van der Waals surface area contributed by atoms with E-state index in [0.29, 0.717) is 24.5 Å². The Hall–Kier alpha value is -1.75. The molecular weight excluding hydrogens is 268 g/mol. The predicted octanol–water partition coefficient (Wildman–Crippen LogP) is 3.11. The van der Waals surface area contributed by atoms with E-state index in [1.54, 1.807) is 4.90 Å². The van der Waals surface area contributed by atoms with Crippen LogP contribution in [0.5, 0.6) is 5.75 Å². The molecule has 0 aromatic heterocycles. The lowest BCUT2D eigenvalue weighted by Gasteiger charge is -2.35. The van der Waals surface area contributed by atoms with Crippen molar-refractivity contribution in [2.24, 2.45) is 0 Å². The first-order valence-electron chi connectivity index (χ1n) is 7.42. The molecule has 1 fully saturated rings. The van der Waals surface area contributed by atoms with Crippen molar-refractivity contribution >= 4 is 11.7 Å². The Kier molecular flexibility index (Phi) is 5.07. The summed E-state index contributed by atoms with van der Waals surface area (Å²) in [6.45, 7) is 9.08. The number of morpholine rings is 1. The highest BCUT2D eigenvalue weighted by molar-refractivity contribution is 5.91. The van der Waals surface area contributed by atoms with Gasteiger partial charge < -0.3 is 19.7 Å². The summed E-state index contributed by atoms with van der Waals surface area (Å²) in [4.78, 5) is 14.2. The number of para-hydroxylation sites is 2. The second kappa shape index (κ2) is 6.80. The van der Waals surface area contributed by atoms with E-state index in [2.05, 4.69) is 5.32 Å². The molecule has 1 aliphatic rings. The first-order chi connectivity index (χ1) is 9.95. The molecule has 2 atom stereocenters. The van der Waals surface area contributed by atoms with Crippen molar-refractivity contribution in [1.82, 2.24) is 4.90 Å². The summed E-state index contributed by atoms with van der Waals surface area (Å²) in [7, 11) is 0. The Balaban J connectivity index is 2.05. The number of benzene rings is 1. The largest absolute Gasteiger partial charge is 0.489 e. The Morgan fingerprint density at radius 3 is 2.52 bits per heavy atom. The van der Waals surface area contributed by atoms with E-state index >= 15 is 0 Å². The molecule has 5 heteroatoms. The monoisotopic (exact) mass is 292 g/mol. The maximum Gasteiger partial charge on any atom is 0.322 e. The quantitative estimate of drug-likeness (QED) is 0.931. The minimum absolute atomic E-state index is 0.0571. The minimum atomic E-state index is -0.114. The molecule has 1 saturated heterocycles. The van der Waals surface area contributed by atoms with Crippen molar-refractivity contribution in [1.29, 1.82) is 0 Å². The van der Waals surface area contributed by atoms with E-state index in [9.17, 15) is 4.79 Å². The Labute approximate surface area is 126 Å². The Morgan fingerprint density at radius 2 is 1.90 bits per heavy atom. The van der Waals surface area contributed by atoms with E-state index in [1.165, 1.54) is 0 Å². The average molecular weight is 292 g/mol. The normalized spacial score (nSPS) is 22.2. The summed E-state index contributed by atoms with van der Waals surface area (Å²) in [6.07, 6.45) is 0.176. The van der Waals surface area contributed by atoms with Crippen molar-refractivity contribution in [2.45, 2.75) is 46.0 Å². The average Bonchev–Trinajstić information content (AvgIpc) is 2.39. The number of ether oxygens (including phenoxy) is 2. The maximum absolute atomic E-state index is 12.4. The Morgan fingerprint density at radius 1 is 1.29 bits per heavy atom. The van der Waals surface area contributed by atoms with Crippen LogP contribution >= 0.6 is 0 Å². The van der Waals surface area contributed by atoms with Gasteiger partial charge in [-0.1, -0.05) is 12.1 Å². The van der Waals surface area contributed by atoms with Crippen molar-refractivity contribution in [3.63, 3.8) is 0 Å². The molecule has 21 heavy (non-hydrogen) atoms. The molecule has 0 saturated carbocycles. The number of carbonyl (C=O) groups excluding carboxylic acids is 1. The molecule has 1 N–H and O–H groups in total. The molecule has 1 aromatic carbocycles. The van der Waals surface area contributed by atoms with Gasteiger partial charge in [-0.15, -0.1) is 0 Å². The van der Waals surface area contributed by atoms with Gasteiger partial charge in [0.15, 0.2) is 0 Å². The second-order valence-corrected chi connectivity index (χ2v) is 5.76. The number of urea groups is 1. The highest BCUT2D eigenvalue weighted by Gasteiger charge is 2.26. The third-order valence-corrected chi connectivity index (χ3v) is 3.20. The molecule has 2 rings (SSSR count). The number of amides is 2. The fourth-order valence-corrected chi connectivity index (χ4v) is 2.46. The van der Waals surface area contributed by atoms with Crippen molar-refractivity contribution < 1.29 is 14.3 Å². The van der Waals surface area contributed by atoms with Crippen molar-refractivity contribution in [3.8, 4) is 5.75 Å². The van der Waals surface area contributed by atoms with Gasteiger partial charge in [0, 0.05) is 13.1 Å². The smallest absolute Gasteiger partial charge is 0.322 e. The number of rotatable bonds is 3. The van der Waals surface area contributed by atoms with E-state index in [4.69, 9.17) is 9.47 Å². The fourth-order valence-electron chi connectivity index (χ4n) is 2.46. The predicted molar refractivity (Wildman–Crippen MR) is 82.8 cm³/mol. The highest BCUT2D eigenvalue weighted by atomic mass is 16.5. The number of nitrogens with zero attached hydrogens (tertiary/aromatic N) is 1. The van der Waals surface area contributed by atoms with Gasteiger partial charge in [0.1, 0.15) is 5.75 Å². The van der Waals surface area contributed by atoms with Gasteiger partial charge in [0.05, 0.1) is 24.0 Å². The standard InChI is InChI=1S/C16H24N2O3/c1-11(2)20-15-8-6-5-7-14(15)17-16(19)18-9-12(3)21-13(4)10-18/h5-8,11-13H,9-10H2,1-4H3,(H,17,19). The third kappa shape index (κ3) is 4.36. The number of hydrogen-bond donors (Lipinski definition) is 1. The molecular formula is C16H24N2O3. The van der Waals surface area contributed by atoms with Gasteiger partial charge in [0.25, 0.3) is 0 Å². The van der Waals surface area contributed by atoms with Crippen LogP contribution in [0.3, 0.4) is 0 Å². The first-order valence-corrected chi connectivity index (χ1v) is 7.42. The lowest BCUT2D eigenvalue weighted by atomic mass is 10.2. The zero-order valence-electron chi connectivity index (χ0n) is 13.1. The van der Waals surface area contributed by atoms with Crippen LogP contribution in [0.1, 0.15) is 27.7 Å². The van der Waals surface area contributed by atoms with Crippen LogP contribution in [-0.2, 0) is 4.74 Å². The van der Waals surface area contributed by atoms with E-state index in [-0.39, 0.29) is 24.3 Å². The molecule has 116 valence electrons. The van der Waals surface area contributed by atoms with Crippen LogP contribution in [0.25, 0.3) is 0 Å². The van der Waals surface area contributed by atoms with Crippen LogP contribution in [0.15, 0.2) is 24.3 Å². The van der Waals surface area contributed by atoms with Gasteiger partial charge in [-0.05, 0) is 39.8 Å². The summed E-state index contributed by atoms with van der Waals surface area (Å²) in [5.41, 5.74) is 0.697. The molecule has 1 heterocycles. The highest BCUT2D eigenvalue weighted by Crippen LogP contribution is 2.25. The van der Waals surface area contributed by atoms with Crippen molar-refractivity contribution in [2.75, 3.05) is 18.4 Å². The summed E-state index contributed by atoms with van der Waals surface area (Å²) in [5.74, 6) is 0.690. The number of hydrogen-bond acceptors (Lipinski definition) is 3. The number of carbonyl (C=O) groups is 1. The van der Waals surface area contributed by atoms with Gasteiger partial charge in [-0.3, -0.25) is 0 Å².